The van der Waals surface area contributed by atoms with Crippen LogP contribution in [0.15, 0.2) is 158 Å². The third kappa shape index (κ3) is 74.9. The number of carbonyl (C=O) groups excluding carboxylic acids is 4. The van der Waals surface area contributed by atoms with Gasteiger partial charge in [0.2, 0.25) is 0 Å². The quantitative estimate of drug-likeness (QED) is 0.0169. The first-order valence-corrected chi connectivity index (χ1v) is 42.7. The molecule has 0 bridgehead atoms. The molecule has 0 aliphatic carbocycles. The minimum Gasteiger partial charge on any atom is -0.462 e. The number of esters is 4. The smallest absolute Gasteiger partial charge is 0.462 e. The average Bonchev–Trinajstić information content (AvgIpc) is 0.939. The van der Waals surface area contributed by atoms with Crippen molar-refractivity contribution >= 4 is 39.5 Å². The summed E-state index contributed by atoms with van der Waals surface area (Å²) in [5.41, 5.74) is 0. The van der Waals surface area contributed by atoms with Crippen LogP contribution in [0.2, 0.25) is 0 Å². The molecular weight excluding hydrogens is 1350 g/mol. The van der Waals surface area contributed by atoms with E-state index in [-0.39, 0.29) is 25.7 Å². The summed E-state index contributed by atoms with van der Waals surface area (Å²) in [5, 5.41) is 10.6. The van der Waals surface area contributed by atoms with E-state index in [4.69, 9.17) is 37.0 Å². The van der Waals surface area contributed by atoms with E-state index >= 15 is 0 Å². The average molecular weight is 1500 g/mol. The maximum absolute atomic E-state index is 13.1. The summed E-state index contributed by atoms with van der Waals surface area (Å²) in [4.78, 5) is 73.0. The van der Waals surface area contributed by atoms with Crippen LogP contribution in [0.3, 0.4) is 0 Å². The Bertz CT molecular complexity index is 2590. The lowest BCUT2D eigenvalue weighted by molar-refractivity contribution is -0.161. The standard InChI is InChI=1S/C85H140O17P2/c1-5-9-13-17-21-25-29-33-36-38-39-41-44-47-50-54-58-62-66-70-83(88)95-75-80(101-84(89)71-67-63-59-55-51-45-32-28-24-20-16-12-8-4)77-99-103(91,92)97-73-79(86)74-98-104(93,94)100-78-81(102-85(90)72-68-64-60-56-52-48-42-35-31-27-23-19-15-11-7-3)76-96-82(87)69-65-61-57-53-49-46-43-40-37-34-30-26-22-18-14-10-6-2/h9-11,13-16,20-23,25-28,32-37,39,41-42,47,50,79-81,86H,5-8,12,17-19,24,29-31,38,40,43-46,48-49,51-78H2,1-4H3,(H,91,92)(H,93,94)/b13-9-,14-10-,15-11-,20-16-,25-21-,26-22-,27-23-,32-28-,36-33-,37-34-,41-39-,42-35-,50-47-. The summed E-state index contributed by atoms with van der Waals surface area (Å²) < 4.78 is 68.6. The number of aliphatic hydroxyl groups excluding tert-OH is 1. The van der Waals surface area contributed by atoms with Gasteiger partial charge in [-0.05, 0) is 161 Å². The highest BCUT2D eigenvalue weighted by Gasteiger charge is 2.30. The normalized spacial score (nSPS) is 14.7. The van der Waals surface area contributed by atoms with Crippen LogP contribution < -0.4 is 0 Å². The second-order valence-corrected chi connectivity index (χ2v) is 28.8. The fourth-order valence-electron chi connectivity index (χ4n) is 10.0. The van der Waals surface area contributed by atoms with Gasteiger partial charge in [-0.25, -0.2) is 9.13 Å². The molecule has 592 valence electrons. The molecule has 104 heavy (non-hydrogen) atoms. The van der Waals surface area contributed by atoms with Crippen LogP contribution in [0.25, 0.3) is 0 Å². The number of hydrogen-bond donors (Lipinski definition) is 3. The summed E-state index contributed by atoms with van der Waals surface area (Å²) in [6, 6.07) is 0. The highest BCUT2D eigenvalue weighted by atomic mass is 31.2. The van der Waals surface area contributed by atoms with Gasteiger partial charge in [0.25, 0.3) is 0 Å². The Labute approximate surface area is 629 Å². The summed E-state index contributed by atoms with van der Waals surface area (Å²) in [5.74, 6) is -2.26. The van der Waals surface area contributed by atoms with E-state index in [9.17, 15) is 43.2 Å². The highest BCUT2D eigenvalue weighted by Crippen LogP contribution is 2.45. The highest BCUT2D eigenvalue weighted by molar-refractivity contribution is 7.47. The summed E-state index contributed by atoms with van der Waals surface area (Å²) in [6.45, 7) is 4.38. The van der Waals surface area contributed by atoms with E-state index in [0.29, 0.717) is 25.7 Å². The van der Waals surface area contributed by atoms with Gasteiger partial charge in [-0.1, -0.05) is 269 Å². The van der Waals surface area contributed by atoms with Crippen LogP contribution in [0, 0.1) is 0 Å². The van der Waals surface area contributed by atoms with Crippen LogP contribution in [-0.4, -0.2) is 96.7 Å². The lowest BCUT2D eigenvalue weighted by Crippen LogP contribution is -2.30. The molecule has 0 aliphatic heterocycles. The van der Waals surface area contributed by atoms with Gasteiger partial charge in [-0.2, -0.15) is 0 Å². The van der Waals surface area contributed by atoms with Crippen molar-refractivity contribution in [2.45, 2.75) is 316 Å². The molecule has 0 fully saturated rings. The topological polar surface area (TPSA) is 237 Å². The molecule has 19 heteroatoms. The molecule has 0 spiro atoms. The summed E-state index contributed by atoms with van der Waals surface area (Å²) in [6.07, 6.45) is 87.9. The van der Waals surface area contributed by atoms with Crippen molar-refractivity contribution in [3.05, 3.63) is 158 Å². The molecule has 5 unspecified atom stereocenters. The number of unbranched alkanes of at least 4 members (excludes halogenated alkanes) is 21. The van der Waals surface area contributed by atoms with E-state index in [1.165, 1.54) is 0 Å². The van der Waals surface area contributed by atoms with Crippen LogP contribution in [-0.2, 0) is 65.4 Å². The van der Waals surface area contributed by atoms with Crippen molar-refractivity contribution in [2.24, 2.45) is 0 Å². The van der Waals surface area contributed by atoms with Gasteiger partial charge in [-0.3, -0.25) is 37.3 Å². The Kier molecular flexibility index (Phi) is 72.0. The predicted octanol–water partition coefficient (Wildman–Crippen LogP) is 23.2. The Hall–Kier alpha value is -5.32. The van der Waals surface area contributed by atoms with Gasteiger partial charge in [0.15, 0.2) is 12.2 Å². The fraction of sp³-hybridized carbons (Fsp3) is 0.647. The van der Waals surface area contributed by atoms with Gasteiger partial charge in [0.1, 0.15) is 19.3 Å². The first-order chi connectivity index (χ1) is 50.7. The van der Waals surface area contributed by atoms with Crippen molar-refractivity contribution < 1.29 is 80.2 Å². The molecule has 5 atom stereocenters. The third-order valence-electron chi connectivity index (χ3n) is 15.9. The molecule has 0 heterocycles. The van der Waals surface area contributed by atoms with Crippen LogP contribution in [0.4, 0.5) is 0 Å². The monoisotopic (exact) mass is 1490 g/mol. The lowest BCUT2D eigenvalue weighted by Gasteiger charge is -2.21. The summed E-state index contributed by atoms with van der Waals surface area (Å²) in [7, 11) is -9.99. The molecule has 0 rings (SSSR count). The van der Waals surface area contributed by atoms with E-state index in [2.05, 4.69) is 186 Å². The maximum atomic E-state index is 13.1. The Balaban J connectivity index is 5.41. The zero-order valence-corrected chi connectivity index (χ0v) is 66.4. The number of allylic oxidation sites excluding steroid dienone is 26. The van der Waals surface area contributed by atoms with Crippen molar-refractivity contribution in [3.8, 4) is 0 Å². The number of aliphatic hydroxyl groups is 1. The SMILES string of the molecule is CC/C=C\C/C=C\C/C=C\C/C=C\C/C=C\CCCCCC(=O)OCC(COP(=O)(O)OCC(O)COP(=O)(O)OCC(COC(=O)CCCCCCCCC/C=C\C/C=C\C/C=C\CC)OC(=O)CCCCCCC/C=C\C/C=C\C/C=C\CC)OC(=O)CCCCCCC/C=C\C/C=C\CCC. The number of phosphoric acid groups is 2. The Morgan fingerprint density at radius 2 is 0.500 bits per heavy atom. The van der Waals surface area contributed by atoms with Gasteiger partial charge in [-0.15, -0.1) is 0 Å². The third-order valence-corrected chi connectivity index (χ3v) is 17.9. The first-order valence-electron chi connectivity index (χ1n) is 39.7. The van der Waals surface area contributed by atoms with Gasteiger partial charge >= 0.3 is 39.5 Å². The van der Waals surface area contributed by atoms with Crippen molar-refractivity contribution in [1.82, 2.24) is 0 Å². The van der Waals surface area contributed by atoms with E-state index in [1.807, 2.05) is 0 Å². The minimum atomic E-state index is -5.00. The van der Waals surface area contributed by atoms with Gasteiger partial charge in [0.05, 0.1) is 26.4 Å². The molecule has 0 aliphatic rings. The maximum Gasteiger partial charge on any atom is 0.472 e. The largest absolute Gasteiger partial charge is 0.472 e. The predicted molar refractivity (Wildman–Crippen MR) is 427 cm³/mol. The van der Waals surface area contributed by atoms with Crippen LogP contribution in [0.1, 0.15) is 297 Å². The lowest BCUT2D eigenvalue weighted by atomic mass is 10.1. The molecule has 3 N–H and O–H groups in total. The van der Waals surface area contributed by atoms with Gasteiger partial charge < -0.3 is 33.8 Å². The molecule has 0 saturated heterocycles. The van der Waals surface area contributed by atoms with Crippen molar-refractivity contribution in [1.29, 1.82) is 0 Å². The van der Waals surface area contributed by atoms with Crippen molar-refractivity contribution in [2.75, 3.05) is 39.6 Å². The number of carbonyl (C=O) groups is 4. The van der Waals surface area contributed by atoms with Crippen LogP contribution >= 0.6 is 15.6 Å². The van der Waals surface area contributed by atoms with E-state index in [0.717, 1.165) is 218 Å². The molecule has 0 aromatic carbocycles. The number of hydrogen-bond acceptors (Lipinski definition) is 15. The second-order valence-electron chi connectivity index (χ2n) is 25.9. The molecular formula is C85H140O17P2. The van der Waals surface area contributed by atoms with Crippen molar-refractivity contribution in [3.63, 3.8) is 0 Å². The fourth-order valence-corrected chi connectivity index (χ4v) is 11.6. The Morgan fingerprint density at radius 1 is 0.279 bits per heavy atom. The zero-order valence-electron chi connectivity index (χ0n) is 64.6. The van der Waals surface area contributed by atoms with E-state index in [1.54, 1.807) is 0 Å². The number of phosphoric ester groups is 2. The Morgan fingerprint density at radius 3 is 0.779 bits per heavy atom. The molecule has 0 radical (unpaired) electrons. The molecule has 0 aromatic heterocycles. The second kappa shape index (κ2) is 75.9. The minimum absolute atomic E-state index is 0.0657. The van der Waals surface area contributed by atoms with E-state index < -0.39 is 97.5 Å². The number of rotatable bonds is 73. The number of ether oxygens (including phenoxy) is 4. The first kappa shape index (κ1) is 98.7. The molecule has 17 nitrogen and oxygen atoms in total. The molecule has 0 aromatic rings. The molecule has 0 saturated carbocycles. The van der Waals surface area contributed by atoms with Crippen LogP contribution in [0.5, 0.6) is 0 Å². The van der Waals surface area contributed by atoms with Gasteiger partial charge in [0, 0.05) is 25.7 Å². The summed E-state index contributed by atoms with van der Waals surface area (Å²) >= 11 is 0. The molecule has 0 amide bonds. The zero-order chi connectivity index (χ0) is 76.0.